The number of nitrogens with zero attached hydrogens (tertiary/aromatic N) is 4. The van der Waals surface area contributed by atoms with Crippen molar-refractivity contribution in [3.8, 4) is 0 Å². The molecule has 3 heterocycles. The van der Waals surface area contributed by atoms with Crippen molar-refractivity contribution in [2.45, 2.75) is 38.8 Å². The van der Waals surface area contributed by atoms with E-state index in [4.69, 9.17) is 4.52 Å². The lowest BCUT2D eigenvalue weighted by molar-refractivity contribution is 0.210. The Morgan fingerprint density at radius 2 is 2.18 bits per heavy atom. The normalized spacial score (nSPS) is 27.0. The Labute approximate surface area is 102 Å². The molecule has 1 atom stereocenters. The maximum atomic E-state index is 5.03. The van der Waals surface area contributed by atoms with E-state index in [1.54, 1.807) is 0 Å². The third-order valence-corrected chi connectivity index (χ3v) is 3.82. The molecule has 2 aliphatic heterocycles. The minimum atomic E-state index is 0.664. The third-order valence-electron chi connectivity index (χ3n) is 3.82. The summed E-state index contributed by atoms with van der Waals surface area (Å²) in [6.07, 6.45) is 3.97. The summed E-state index contributed by atoms with van der Waals surface area (Å²) in [5.41, 5.74) is 0. The van der Waals surface area contributed by atoms with Crippen LogP contribution in [0.4, 0.5) is 0 Å². The van der Waals surface area contributed by atoms with Gasteiger partial charge in [0.2, 0.25) is 5.89 Å². The monoisotopic (exact) mass is 236 g/mol. The fourth-order valence-electron chi connectivity index (χ4n) is 3.03. The number of hydrogen-bond donors (Lipinski definition) is 0. The van der Waals surface area contributed by atoms with Gasteiger partial charge < -0.3 is 4.52 Å². The van der Waals surface area contributed by atoms with Crippen molar-refractivity contribution in [2.24, 2.45) is 0 Å². The number of aryl methyl sites for hydroxylation is 1. The Balaban J connectivity index is 1.63. The molecule has 0 spiro atoms. The van der Waals surface area contributed by atoms with Gasteiger partial charge >= 0.3 is 0 Å². The highest BCUT2D eigenvalue weighted by Gasteiger charge is 2.28. The topological polar surface area (TPSA) is 45.4 Å². The number of fused-ring (bicyclic) bond motifs is 1. The summed E-state index contributed by atoms with van der Waals surface area (Å²) >= 11 is 0. The van der Waals surface area contributed by atoms with Crippen molar-refractivity contribution in [3.63, 3.8) is 0 Å². The summed E-state index contributed by atoms with van der Waals surface area (Å²) in [6, 6.07) is 0.755. The second-order valence-corrected chi connectivity index (χ2v) is 5.15. The van der Waals surface area contributed by atoms with Gasteiger partial charge in [-0.05, 0) is 38.9 Å². The second-order valence-electron chi connectivity index (χ2n) is 5.15. The van der Waals surface area contributed by atoms with Crippen molar-refractivity contribution in [1.29, 1.82) is 0 Å². The van der Waals surface area contributed by atoms with Gasteiger partial charge in [0, 0.05) is 19.5 Å². The van der Waals surface area contributed by atoms with Crippen molar-refractivity contribution < 1.29 is 4.52 Å². The van der Waals surface area contributed by atoms with E-state index in [1.165, 1.54) is 32.4 Å². The van der Waals surface area contributed by atoms with Crippen LogP contribution in [0.15, 0.2) is 4.52 Å². The Hall–Kier alpha value is -0.940. The van der Waals surface area contributed by atoms with Crippen LogP contribution in [0.5, 0.6) is 0 Å². The number of aromatic nitrogens is 2. The highest BCUT2D eigenvalue weighted by atomic mass is 16.5. The summed E-state index contributed by atoms with van der Waals surface area (Å²) in [5.74, 6) is 1.49. The van der Waals surface area contributed by atoms with E-state index in [-0.39, 0.29) is 0 Å². The van der Waals surface area contributed by atoms with Gasteiger partial charge in [-0.15, -0.1) is 0 Å². The highest BCUT2D eigenvalue weighted by molar-refractivity contribution is 4.89. The minimum Gasteiger partial charge on any atom is -0.340 e. The predicted molar refractivity (Wildman–Crippen MR) is 63.5 cm³/mol. The lowest BCUT2D eigenvalue weighted by Gasteiger charge is -2.24. The standard InChI is InChI=1S/C12H20N4O/c1-10-13-12(14-17-10)9-15-5-3-7-16-6-2-4-11(16)8-15/h11H,2-9H2,1H3. The molecule has 3 rings (SSSR count). The molecule has 1 aromatic heterocycles. The average molecular weight is 236 g/mol. The largest absolute Gasteiger partial charge is 0.340 e. The van der Waals surface area contributed by atoms with Crippen LogP contribution < -0.4 is 0 Å². The first kappa shape index (κ1) is 11.2. The van der Waals surface area contributed by atoms with Gasteiger partial charge in [-0.1, -0.05) is 5.16 Å². The van der Waals surface area contributed by atoms with E-state index in [2.05, 4.69) is 19.9 Å². The van der Waals surface area contributed by atoms with Crippen molar-refractivity contribution >= 4 is 0 Å². The summed E-state index contributed by atoms with van der Waals surface area (Å²) in [6.45, 7) is 7.54. The summed E-state index contributed by atoms with van der Waals surface area (Å²) < 4.78 is 5.03. The van der Waals surface area contributed by atoms with Gasteiger partial charge in [0.15, 0.2) is 5.82 Å². The van der Waals surface area contributed by atoms with E-state index in [1.807, 2.05) is 6.92 Å². The van der Waals surface area contributed by atoms with E-state index >= 15 is 0 Å². The zero-order valence-corrected chi connectivity index (χ0v) is 10.4. The Morgan fingerprint density at radius 3 is 3.00 bits per heavy atom. The lowest BCUT2D eigenvalue weighted by Crippen LogP contribution is -2.36. The maximum Gasteiger partial charge on any atom is 0.223 e. The Morgan fingerprint density at radius 1 is 1.29 bits per heavy atom. The molecule has 1 unspecified atom stereocenters. The quantitative estimate of drug-likeness (QED) is 0.768. The van der Waals surface area contributed by atoms with E-state index < -0.39 is 0 Å². The molecule has 2 aliphatic rings. The first-order chi connectivity index (χ1) is 8.31. The van der Waals surface area contributed by atoms with Crippen LogP contribution in [0.25, 0.3) is 0 Å². The molecular weight excluding hydrogens is 216 g/mol. The summed E-state index contributed by atoms with van der Waals surface area (Å²) in [5, 5.41) is 3.98. The van der Waals surface area contributed by atoms with Crippen LogP contribution >= 0.6 is 0 Å². The smallest absolute Gasteiger partial charge is 0.223 e. The SMILES string of the molecule is Cc1nc(CN2CCCN3CCCC3C2)no1. The number of hydrogen-bond acceptors (Lipinski definition) is 5. The predicted octanol–water partition coefficient (Wildman–Crippen LogP) is 1.05. The van der Waals surface area contributed by atoms with Crippen LogP contribution in [0.1, 0.15) is 31.0 Å². The van der Waals surface area contributed by atoms with Gasteiger partial charge in [-0.3, -0.25) is 9.80 Å². The third kappa shape index (κ3) is 2.50. The summed E-state index contributed by atoms with van der Waals surface area (Å²) in [4.78, 5) is 9.40. The zero-order chi connectivity index (χ0) is 11.7. The molecule has 0 saturated carbocycles. The van der Waals surface area contributed by atoms with Crippen LogP contribution in [0.3, 0.4) is 0 Å². The van der Waals surface area contributed by atoms with E-state index in [0.717, 1.165) is 31.5 Å². The minimum absolute atomic E-state index is 0.664. The fourth-order valence-corrected chi connectivity index (χ4v) is 3.03. The van der Waals surface area contributed by atoms with Gasteiger partial charge in [-0.25, -0.2) is 0 Å². The molecule has 0 aromatic carbocycles. The number of rotatable bonds is 2. The fraction of sp³-hybridized carbons (Fsp3) is 0.833. The van der Waals surface area contributed by atoms with E-state index in [9.17, 15) is 0 Å². The Kier molecular flexibility index (Phi) is 3.11. The first-order valence-electron chi connectivity index (χ1n) is 6.57. The molecule has 0 radical (unpaired) electrons. The van der Waals surface area contributed by atoms with Crippen molar-refractivity contribution in [2.75, 3.05) is 26.2 Å². The maximum absolute atomic E-state index is 5.03. The molecule has 1 aromatic rings. The van der Waals surface area contributed by atoms with Crippen molar-refractivity contribution in [3.05, 3.63) is 11.7 Å². The molecule has 0 aliphatic carbocycles. The van der Waals surface area contributed by atoms with Gasteiger partial charge in [0.25, 0.3) is 0 Å². The molecular formula is C12H20N4O. The van der Waals surface area contributed by atoms with E-state index in [0.29, 0.717) is 5.89 Å². The second kappa shape index (κ2) is 4.74. The molecule has 2 saturated heterocycles. The molecule has 0 bridgehead atoms. The lowest BCUT2D eigenvalue weighted by atomic mass is 10.2. The van der Waals surface area contributed by atoms with Gasteiger partial charge in [0.1, 0.15) is 0 Å². The molecule has 5 nitrogen and oxygen atoms in total. The molecule has 94 valence electrons. The van der Waals surface area contributed by atoms with Crippen molar-refractivity contribution in [1.82, 2.24) is 19.9 Å². The van der Waals surface area contributed by atoms with Gasteiger partial charge in [0.05, 0.1) is 6.54 Å². The van der Waals surface area contributed by atoms with Crippen LogP contribution in [-0.4, -0.2) is 52.2 Å². The first-order valence-corrected chi connectivity index (χ1v) is 6.57. The van der Waals surface area contributed by atoms with Crippen LogP contribution in [0.2, 0.25) is 0 Å². The van der Waals surface area contributed by atoms with Gasteiger partial charge in [-0.2, -0.15) is 4.98 Å². The average Bonchev–Trinajstić information content (AvgIpc) is 2.85. The van der Waals surface area contributed by atoms with Crippen LogP contribution in [0, 0.1) is 6.92 Å². The summed E-state index contributed by atoms with van der Waals surface area (Å²) in [7, 11) is 0. The molecule has 5 heteroatoms. The molecule has 2 fully saturated rings. The molecule has 0 N–H and O–H groups in total. The Bertz CT molecular complexity index is 378. The molecule has 17 heavy (non-hydrogen) atoms. The zero-order valence-electron chi connectivity index (χ0n) is 10.4. The highest BCUT2D eigenvalue weighted by Crippen LogP contribution is 2.21. The molecule has 0 amide bonds. The van der Waals surface area contributed by atoms with Crippen LogP contribution in [-0.2, 0) is 6.54 Å².